The molecule has 1 aromatic carbocycles. The number of carbonyl (C=O) groups is 2. The predicted octanol–water partition coefficient (Wildman–Crippen LogP) is 3.40. The predicted molar refractivity (Wildman–Crippen MR) is 87.6 cm³/mol. The van der Waals surface area contributed by atoms with Crippen molar-refractivity contribution < 1.29 is 14.3 Å². The minimum Gasteiger partial charge on any atom is -0.465 e. The Kier molecular flexibility index (Phi) is 7.90. The molecule has 1 amide bonds. The summed E-state index contributed by atoms with van der Waals surface area (Å²) in [7, 11) is 0. The number of thioether (sulfide) groups is 1. The number of unbranched alkanes of at least 4 members (excludes halogenated alkanes) is 1. The molecule has 4 nitrogen and oxygen atoms in total. The summed E-state index contributed by atoms with van der Waals surface area (Å²) in [5, 5.41) is 2.49. The first kappa shape index (κ1) is 17.6. The zero-order chi connectivity index (χ0) is 15.7. The molecule has 1 aromatic rings. The van der Waals surface area contributed by atoms with Crippen LogP contribution in [0.15, 0.2) is 24.3 Å². The minimum absolute atomic E-state index is 0.112. The standard InChI is InChI=1S/C16H23NO3S/c1-4-5-9-20-16(19)13(3)21-11-15(18)17-14-8-6-7-12(2)10-14/h6-8,10,13H,4-5,9,11H2,1-3H3,(H,17,18). The Labute approximate surface area is 130 Å². The SMILES string of the molecule is CCCCOC(=O)C(C)SCC(=O)Nc1cccc(C)c1. The molecule has 0 heterocycles. The summed E-state index contributed by atoms with van der Waals surface area (Å²) < 4.78 is 5.12. The summed E-state index contributed by atoms with van der Waals surface area (Å²) in [6.07, 6.45) is 1.87. The number of carbonyl (C=O) groups excluding carboxylic acids is 2. The van der Waals surface area contributed by atoms with Gasteiger partial charge in [-0.25, -0.2) is 0 Å². The van der Waals surface area contributed by atoms with Crippen LogP contribution in [0.25, 0.3) is 0 Å². The molecular formula is C16H23NO3S. The largest absolute Gasteiger partial charge is 0.465 e. The Morgan fingerprint density at radius 2 is 2.14 bits per heavy atom. The van der Waals surface area contributed by atoms with Crippen LogP contribution < -0.4 is 5.32 Å². The van der Waals surface area contributed by atoms with E-state index in [-0.39, 0.29) is 22.9 Å². The molecule has 0 aliphatic carbocycles. The minimum atomic E-state index is -0.329. The molecule has 116 valence electrons. The van der Waals surface area contributed by atoms with Gasteiger partial charge in [-0.3, -0.25) is 9.59 Å². The molecule has 0 fully saturated rings. The van der Waals surface area contributed by atoms with E-state index < -0.39 is 0 Å². The van der Waals surface area contributed by atoms with Crippen LogP contribution >= 0.6 is 11.8 Å². The highest BCUT2D eigenvalue weighted by Crippen LogP contribution is 2.14. The lowest BCUT2D eigenvalue weighted by Gasteiger charge is -2.11. The van der Waals surface area contributed by atoms with Crippen molar-refractivity contribution in [1.82, 2.24) is 0 Å². The summed E-state index contributed by atoms with van der Waals surface area (Å²) >= 11 is 1.29. The van der Waals surface area contributed by atoms with Crippen LogP contribution in [-0.4, -0.2) is 29.5 Å². The van der Waals surface area contributed by atoms with Crippen molar-refractivity contribution in [2.45, 2.75) is 38.9 Å². The van der Waals surface area contributed by atoms with E-state index in [0.717, 1.165) is 24.1 Å². The van der Waals surface area contributed by atoms with Crippen LogP contribution in [-0.2, 0) is 14.3 Å². The Morgan fingerprint density at radius 3 is 2.81 bits per heavy atom. The first-order chi connectivity index (χ1) is 10.0. The van der Waals surface area contributed by atoms with Gasteiger partial charge >= 0.3 is 5.97 Å². The van der Waals surface area contributed by atoms with Gasteiger partial charge in [0.2, 0.25) is 5.91 Å². The number of hydrogen-bond donors (Lipinski definition) is 1. The molecule has 0 spiro atoms. The maximum Gasteiger partial charge on any atom is 0.318 e. The number of anilines is 1. The molecule has 0 saturated heterocycles. The van der Waals surface area contributed by atoms with E-state index in [1.165, 1.54) is 11.8 Å². The first-order valence-electron chi connectivity index (χ1n) is 7.17. The van der Waals surface area contributed by atoms with Crippen LogP contribution in [0.1, 0.15) is 32.3 Å². The molecule has 0 aliphatic heterocycles. The van der Waals surface area contributed by atoms with Gasteiger partial charge in [-0.05, 0) is 38.0 Å². The molecular weight excluding hydrogens is 286 g/mol. The van der Waals surface area contributed by atoms with E-state index in [9.17, 15) is 9.59 Å². The summed E-state index contributed by atoms with van der Waals surface area (Å²) in [6.45, 7) is 6.23. The van der Waals surface area contributed by atoms with Gasteiger partial charge in [-0.1, -0.05) is 25.5 Å². The molecule has 1 N–H and O–H groups in total. The third kappa shape index (κ3) is 7.18. The summed E-state index contributed by atoms with van der Waals surface area (Å²) in [4.78, 5) is 23.5. The third-order valence-corrected chi connectivity index (χ3v) is 3.96. The van der Waals surface area contributed by atoms with E-state index in [4.69, 9.17) is 4.74 Å². The Hall–Kier alpha value is -1.49. The Bertz CT molecular complexity index is 476. The third-order valence-electron chi connectivity index (χ3n) is 2.84. The van der Waals surface area contributed by atoms with Gasteiger partial charge in [0.25, 0.3) is 0 Å². The van der Waals surface area contributed by atoms with E-state index in [1.54, 1.807) is 6.92 Å². The molecule has 0 saturated carbocycles. The Balaban J connectivity index is 2.30. The fourth-order valence-electron chi connectivity index (χ4n) is 1.62. The van der Waals surface area contributed by atoms with Crippen molar-refractivity contribution in [2.75, 3.05) is 17.7 Å². The normalized spacial score (nSPS) is 11.8. The highest BCUT2D eigenvalue weighted by atomic mass is 32.2. The number of ether oxygens (including phenoxy) is 1. The van der Waals surface area contributed by atoms with Crippen molar-refractivity contribution in [3.63, 3.8) is 0 Å². The highest BCUT2D eigenvalue weighted by Gasteiger charge is 2.16. The van der Waals surface area contributed by atoms with Crippen molar-refractivity contribution in [2.24, 2.45) is 0 Å². The number of aryl methyl sites for hydroxylation is 1. The van der Waals surface area contributed by atoms with Crippen molar-refractivity contribution >= 4 is 29.3 Å². The fraction of sp³-hybridized carbons (Fsp3) is 0.500. The van der Waals surface area contributed by atoms with Crippen LogP contribution in [0.3, 0.4) is 0 Å². The van der Waals surface area contributed by atoms with Crippen molar-refractivity contribution in [1.29, 1.82) is 0 Å². The van der Waals surface area contributed by atoms with Gasteiger partial charge in [0.05, 0.1) is 12.4 Å². The number of amides is 1. The second kappa shape index (κ2) is 9.45. The maximum atomic E-state index is 11.8. The van der Waals surface area contributed by atoms with Crippen LogP contribution in [0.2, 0.25) is 0 Å². The lowest BCUT2D eigenvalue weighted by atomic mass is 10.2. The van der Waals surface area contributed by atoms with E-state index in [0.29, 0.717) is 6.61 Å². The van der Waals surface area contributed by atoms with Crippen molar-refractivity contribution in [3.05, 3.63) is 29.8 Å². The number of nitrogens with one attached hydrogen (secondary N) is 1. The van der Waals surface area contributed by atoms with Crippen molar-refractivity contribution in [3.8, 4) is 0 Å². The van der Waals surface area contributed by atoms with Gasteiger partial charge in [0.15, 0.2) is 0 Å². The lowest BCUT2D eigenvalue weighted by molar-refractivity contribution is -0.142. The fourth-order valence-corrected chi connectivity index (χ4v) is 2.30. The maximum absolute atomic E-state index is 11.8. The summed E-state index contributed by atoms with van der Waals surface area (Å²) in [5.41, 5.74) is 1.87. The number of benzene rings is 1. The molecule has 0 radical (unpaired) electrons. The van der Waals surface area contributed by atoms with Gasteiger partial charge in [0, 0.05) is 5.69 Å². The molecule has 1 atom stereocenters. The molecule has 21 heavy (non-hydrogen) atoms. The second-order valence-electron chi connectivity index (χ2n) is 4.89. The molecule has 0 aliphatic rings. The van der Waals surface area contributed by atoms with Gasteiger partial charge in [-0.15, -0.1) is 11.8 Å². The zero-order valence-electron chi connectivity index (χ0n) is 12.8. The van der Waals surface area contributed by atoms with E-state index in [2.05, 4.69) is 5.32 Å². The topological polar surface area (TPSA) is 55.4 Å². The molecule has 0 bridgehead atoms. The van der Waals surface area contributed by atoms with E-state index >= 15 is 0 Å². The smallest absolute Gasteiger partial charge is 0.318 e. The van der Waals surface area contributed by atoms with Crippen LogP contribution in [0.4, 0.5) is 5.69 Å². The van der Waals surface area contributed by atoms with Gasteiger partial charge in [0.1, 0.15) is 5.25 Å². The number of rotatable bonds is 8. The monoisotopic (exact) mass is 309 g/mol. The molecule has 1 unspecified atom stereocenters. The molecule has 5 heteroatoms. The average molecular weight is 309 g/mol. The quantitative estimate of drug-likeness (QED) is 0.590. The van der Waals surface area contributed by atoms with E-state index in [1.807, 2.05) is 38.1 Å². The molecule has 0 aromatic heterocycles. The number of esters is 1. The van der Waals surface area contributed by atoms with Gasteiger partial charge < -0.3 is 10.1 Å². The highest BCUT2D eigenvalue weighted by molar-refractivity contribution is 8.01. The Morgan fingerprint density at radius 1 is 1.38 bits per heavy atom. The lowest BCUT2D eigenvalue weighted by Crippen LogP contribution is -2.21. The average Bonchev–Trinajstić information content (AvgIpc) is 2.45. The summed E-state index contributed by atoms with van der Waals surface area (Å²) in [5.74, 6) is -0.131. The van der Waals surface area contributed by atoms with Crippen LogP contribution in [0, 0.1) is 6.92 Å². The molecule has 1 rings (SSSR count). The van der Waals surface area contributed by atoms with Crippen LogP contribution in [0.5, 0.6) is 0 Å². The zero-order valence-corrected chi connectivity index (χ0v) is 13.7. The summed E-state index contributed by atoms with van der Waals surface area (Å²) in [6, 6.07) is 7.62. The van der Waals surface area contributed by atoms with Gasteiger partial charge in [-0.2, -0.15) is 0 Å². The number of hydrogen-bond acceptors (Lipinski definition) is 4. The first-order valence-corrected chi connectivity index (χ1v) is 8.22. The second-order valence-corrected chi connectivity index (χ2v) is 6.22.